The van der Waals surface area contributed by atoms with Gasteiger partial charge in [-0.1, -0.05) is 65.7 Å². The zero-order valence-corrected chi connectivity index (χ0v) is 13.8. The summed E-state index contributed by atoms with van der Waals surface area (Å²) in [5, 5.41) is 0. The van der Waals surface area contributed by atoms with E-state index < -0.39 is 0 Å². The minimum absolute atomic E-state index is 0.429. The van der Waals surface area contributed by atoms with E-state index in [4.69, 9.17) is 0 Å². The van der Waals surface area contributed by atoms with E-state index in [2.05, 4.69) is 29.5 Å². The topological polar surface area (TPSA) is 25.8 Å². The molecule has 1 atom stereocenters. The van der Waals surface area contributed by atoms with Crippen molar-refractivity contribution in [2.45, 2.75) is 85.0 Å². The second kappa shape index (κ2) is 9.46. The molecule has 19 heavy (non-hydrogen) atoms. The van der Waals surface area contributed by atoms with E-state index >= 15 is 0 Å². The van der Waals surface area contributed by atoms with Crippen molar-refractivity contribution in [3.63, 3.8) is 0 Å². The van der Waals surface area contributed by atoms with Crippen LogP contribution in [-0.2, 0) is 6.42 Å². The summed E-state index contributed by atoms with van der Waals surface area (Å²) in [5.74, 6) is 0. The fraction of sp³-hybridized carbons (Fsp3) is 0.875. The zero-order valence-electron chi connectivity index (χ0n) is 13.0. The minimum atomic E-state index is 0.429. The first kappa shape index (κ1) is 16.6. The van der Waals surface area contributed by atoms with Gasteiger partial charge in [0.15, 0.2) is 0 Å². The van der Waals surface area contributed by atoms with Gasteiger partial charge < -0.3 is 0 Å². The molecule has 1 rings (SSSR count). The van der Waals surface area contributed by atoms with Crippen LogP contribution in [0.15, 0.2) is 6.20 Å². The minimum Gasteiger partial charge on any atom is -0.181 e. The molecule has 2 nitrogen and oxygen atoms in total. The highest BCUT2D eigenvalue weighted by atomic mass is 32.1. The summed E-state index contributed by atoms with van der Waals surface area (Å²) in [5.41, 5.74) is 1.62. The highest BCUT2D eigenvalue weighted by molar-refractivity contribution is 6.99. The van der Waals surface area contributed by atoms with E-state index in [0.717, 1.165) is 6.42 Å². The Kier molecular flexibility index (Phi) is 8.27. The van der Waals surface area contributed by atoms with Crippen LogP contribution in [0.1, 0.15) is 84.3 Å². The Hall–Kier alpha value is -0.440. The molecule has 0 saturated carbocycles. The maximum Gasteiger partial charge on any atom is 0.0748 e. The summed E-state index contributed by atoms with van der Waals surface area (Å²) >= 11 is 1.34. The SMILES string of the molecule is CCCCCCC(C)(CCCCC)Cc1cnsn1. The van der Waals surface area contributed by atoms with Crippen LogP contribution in [0.25, 0.3) is 0 Å². The maximum atomic E-state index is 4.40. The third kappa shape index (κ3) is 7.05. The van der Waals surface area contributed by atoms with E-state index in [1.54, 1.807) is 0 Å². The van der Waals surface area contributed by atoms with Gasteiger partial charge in [0.25, 0.3) is 0 Å². The van der Waals surface area contributed by atoms with Gasteiger partial charge in [0.1, 0.15) is 0 Å². The van der Waals surface area contributed by atoms with Crippen LogP contribution in [0.2, 0.25) is 0 Å². The van der Waals surface area contributed by atoms with Crippen molar-refractivity contribution in [1.82, 2.24) is 8.75 Å². The standard InChI is InChI=1S/C16H30N2S/c1-4-6-8-10-12-16(3,11-9-7-5-2)13-15-14-17-19-18-15/h14H,4-13H2,1-3H3. The summed E-state index contributed by atoms with van der Waals surface area (Å²) in [6.07, 6.45) is 15.2. The molecule has 1 unspecified atom stereocenters. The quantitative estimate of drug-likeness (QED) is 0.491. The molecule has 0 amide bonds. The van der Waals surface area contributed by atoms with Crippen molar-refractivity contribution in [2.75, 3.05) is 0 Å². The molecule has 1 heterocycles. The van der Waals surface area contributed by atoms with Crippen molar-refractivity contribution in [3.05, 3.63) is 11.9 Å². The zero-order chi connectivity index (χ0) is 14.0. The first-order chi connectivity index (χ1) is 9.20. The van der Waals surface area contributed by atoms with E-state index in [-0.39, 0.29) is 0 Å². The molecule has 1 aromatic heterocycles. The summed E-state index contributed by atoms with van der Waals surface area (Å²) < 4.78 is 8.55. The average molecular weight is 282 g/mol. The molecule has 0 saturated heterocycles. The molecular weight excluding hydrogens is 252 g/mol. The molecular formula is C16H30N2S. The first-order valence-corrected chi connectivity index (χ1v) is 8.69. The Morgan fingerprint density at radius 1 is 1.00 bits per heavy atom. The summed E-state index contributed by atoms with van der Waals surface area (Å²) in [6, 6.07) is 0. The smallest absolute Gasteiger partial charge is 0.0748 e. The molecule has 0 aliphatic carbocycles. The van der Waals surface area contributed by atoms with Gasteiger partial charge in [0.2, 0.25) is 0 Å². The lowest BCUT2D eigenvalue weighted by Gasteiger charge is -2.29. The van der Waals surface area contributed by atoms with Crippen LogP contribution in [0, 0.1) is 5.41 Å². The number of rotatable bonds is 11. The monoisotopic (exact) mass is 282 g/mol. The molecule has 1 aromatic rings. The van der Waals surface area contributed by atoms with E-state index in [1.807, 2.05) is 6.20 Å². The third-order valence-electron chi connectivity index (χ3n) is 4.03. The molecule has 0 aliphatic heterocycles. The van der Waals surface area contributed by atoms with Crippen molar-refractivity contribution >= 4 is 11.7 Å². The second-order valence-electron chi connectivity index (χ2n) is 6.15. The van der Waals surface area contributed by atoms with Crippen LogP contribution in [0.5, 0.6) is 0 Å². The number of unbranched alkanes of at least 4 members (excludes halogenated alkanes) is 5. The summed E-state index contributed by atoms with van der Waals surface area (Å²) in [7, 11) is 0. The number of nitrogens with zero attached hydrogens (tertiary/aromatic N) is 2. The second-order valence-corrected chi connectivity index (χ2v) is 6.71. The van der Waals surface area contributed by atoms with Gasteiger partial charge in [-0.05, 0) is 24.7 Å². The van der Waals surface area contributed by atoms with Crippen LogP contribution in [-0.4, -0.2) is 8.75 Å². The van der Waals surface area contributed by atoms with Gasteiger partial charge in [-0.3, -0.25) is 0 Å². The highest BCUT2D eigenvalue weighted by Gasteiger charge is 2.24. The van der Waals surface area contributed by atoms with Crippen LogP contribution >= 0.6 is 11.7 Å². The lowest BCUT2D eigenvalue weighted by Crippen LogP contribution is -2.20. The predicted molar refractivity (Wildman–Crippen MR) is 84.6 cm³/mol. The molecule has 110 valence electrons. The Morgan fingerprint density at radius 2 is 1.63 bits per heavy atom. The molecule has 0 aliphatic rings. The van der Waals surface area contributed by atoms with Gasteiger partial charge in [0.05, 0.1) is 23.6 Å². The normalized spacial score (nSPS) is 14.5. The van der Waals surface area contributed by atoms with E-state index in [9.17, 15) is 0 Å². The van der Waals surface area contributed by atoms with Gasteiger partial charge in [-0.2, -0.15) is 8.75 Å². The Balaban J connectivity index is 2.45. The Morgan fingerprint density at radius 3 is 2.21 bits per heavy atom. The van der Waals surface area contributed by atoms with Crippen molar-refractivity contribution in [2.24, 2.45) is 5.41 Å². The molecule has 0 N–H and O–H groups in total. The fourth-order valence-electron chi connectivity index (χ4n) is 2.78. The fourth-order valence-corrected chi connectivity index (χ4v) is 3.21. The number of hydrogen-bond acceptors (Lipinski definition) is 3. The molecule has 0 aromatic carbocycles. The lowest BCUT2D eigenvalue weighted by molar-refractivity contribution is 0.248. The van der Waals surface area contributed by atoms with E-state index in [1.165, 1.54) is 75.2 Å². The van der Waals surface area contributed by atoms with Gasteiger partial charge in [0, 0.05) is 0 Å². The predicted octanol–water partition coefficient (Wildman–Crippen LogP) is 5.64. The average Bonchev–Trinajstić information content (AvgIpc) is 2.88. The van der Waals surface area contributed by atoms with E-state index in [0.29, 0.717) is 5.41 Å². The molecule has 0 bridgehead atoms. The largest absolute Gasteiger partial charge is 0.181 e. The van der Waals surface area contributed by atoms with Gasteiger partial charge >= 0.3 is 0 Å². The van der Waals surface area contributed by atoms with Crippen LogP contribution < -0.4 is 0 Å². The van der Waals surface area contributed by atoms with Crippen LogP contribution in [0.3, 0.4) is 0 Å². The summed E-state index contributed by atoms with van der Waals surface area (Å²) in [4.78, 5) is 0. The molecule has 0 fully saturated rings. The summed E-state index contributed by atoms with van der Waals surface area (Å²) in [6.45, 7) is 7.01. The molecule has 0 radical (unpaired) electrons. The highest BCUT2D eigenvalue weighted by Crippen LogP contribution is 2.34. The Bertz CT molecular complexity index is 311. The van der Waals surface area contributed by atoms with Crippen LogP contribution in [0.4, 0.5) is 0 Å². The molecule has 3 heteroatoms. The Labute approximate surface area is 123 Å². The number of aromatic nitrogens is 2. The lowest BCUT2D eigenvalue weighted by atomic mass is 9.76. The third-order valence-corrected chi connectivity index (χ3v) is 4.55. The number of hydrogen-bond donors (Lipinski definition) is 0. The first-order valence-electron chi connectivity index (χ1n) is 7.96. The van der Waals surface area contributed by atoms with Gasteiger partial charge in [-0.25, -0.2) is 0 Å². The van der Waals surface area contributed by atoms with Gasteiger partial charge in [-0.15, -0.1) is 0 Å². The molecule has 0 spiro atoms. The maximum absolute atomic E-state index is 4.40. The van der Waals surface area contributed by atoms with Crippen molar-refractivity contribution < 1.29 is 0 Å². The van der Waals surface area contributed by atoms with Crippen molar-refractivity contribution in [3.8, 4) is 0 Å². The van der Waals surface area contributed by atoms with Crippen molar-refractivity contribution in [1.29, 1.82) is 0 Å².